The van der Waals surface area contributed by atoms with Crippen LogP contribution in [0.15, 0.2) is 49.1 Å². The molecule has 28 heavy (non-hydrogen) atoms. The van der Waals surface area contributed by atoms with E-state index in [1.54, 1.807) is 23.1 Å². The van der Waals surface area contributed by atoms with Crippen LogP contribution in [0.4, 0.5) is 0 Å². The van der Waals surface area contributed by atoms with E-state index >= 15 is 0 Å². The van der Waals surface area contributed by atoms with Gasteiger partial charge >= 0.3 is 0 Å². The lowest BCUT2D eigenvalue weighted by Gasteiger charge is -2.20. The molecule has 0 saturated carbocycles. The monoisotopic (exact) mass is 398 g/mol. The van der Waals surface area contributed by atoms with Gasteiger partial charge in [-0.2, -0.15) is 5.10 Å². The van der Waals surface area contributed by atoms with Gasteiger partial charge in [0.15, 0.2) is 11.5 Å². The van der Waals surface area contributed by atoms with E-state index in [-0.39, 0.29) is 12.3 Å². The number of ether oxygens (including phenoxy) is 2. The number of carbonyl (C=O) groups is 1. The minimum atomic E-state index is -0.0839. The van der Waals surface area contributed by atoms with Crippen molar-refractivity contribution in [1.29, 1.82) is 0 Å². The lowest BCUT2D eigenvalue weighted by molar-refractivity contribution is -0.120. The molecule has 0 saturated heterocycles. The first-order chi connectivity index (χ1) is 13.7. The Morgan fingerprint density at radius 3 is 2.68 bits per heavy atom. The highest BCUT2D eigenvalue weighted by molar-refractivity contribution is 6.32. The molecule has 144 valence electrons. The molecule has 0 spiro atoms. The van der Waals surface area contributed by atoms with Crippen molar-refractivity contribution in [3.63, 3.8) is 0 Å². The lowest BCUT2D eigenvalue weighted by atomic mass is 10.1. The number of hydrogen-bond acceptors (Lipinski definition) is 5. The Morgan fingerprint density at radius 1 is 1.11 bits per heavy atom. The Kier molecular flexibility index (Phi) is 5.43. The smallest absolute Gasteiger partial charge is 0.224 e. The number of amides is 1. The SMILES string of the molecule is O=C(Cc1cc(Cl)c2c(c1)OCCO2)NCc1ccc(Cn2cncn2)cc1. The number of fused-ring (bicyclic) bond motifs is 1. The van der Waals surface area contributed by atoms with Crippen LogP contribution in [0.5, 0.6) is 11.5 Å². The van der Waals surface area contributed by atoms with Crippen LogP contribution in [0.2, 0.25) is 5.02 Å². The minimum Gasteiger partial charge on any atom is -0.486 e. The summed E-state index contributed by atoms with van der Waals surface area (Å²) in [7, 11) is 0. The Morgan fingerprint density at radius 2 is 1.89 bits per heavy atom. The van der Waals surface area contributed by atoms with Gasteiger partial charge in [0.05, 0.1) is 18.0 Å². The number of hydrogen-bond donors (Lipinski definition) is 1. The van der Waals surface area contributed by atoms with Crippen LogP contribution >= 0.6 is 11.6 Å². The lowest BCUT2D eigenvalue weighted by Crippen LogP contribution is -2.24. The Bertz CT molecular complexity index is 958. The second kappa shape index (κ2) is 8.31. The molecule has 1 aliphatic heterocycles. The van der Waals surface area contributed by atoms with Gasteiger partial charge in [0.1, 0.15) is 25.9 Å². The fourth-order valence-corrected chi connectivity index (χ4v) is 3.27. The molecule has 3 aromatic rings. The van der Waals surface area contributed by atoms with Crippen LogP contribution < -0.4 is 14.8 Å². The van der Waals surface area contributed by atoms with Crippen molar-refractivity contribution in [2.24, 2.45) is 0 Å². The van der Waals surface area contributed by atoms with Gasteiger partial charge in [0, 0.05) is 6.54 Å². The van der Waals surface area contributed by atoms with Gasteiger partial charge in [-0.25, -0.2) is 9.67 Å². The summed E-state index contributed by atoms with van der Waals surface area (Å²) in [5.74, 6) is 1.05. The molecule has 1 N–H and O–H groups in total. The van der Waals surface area contributed by atoms with Gasteiger partial charge in [-0.15, -0.1) is 0 Å². The highest BCUT2D eigenvalue weighted by atomic mass is 35.5. The standard InChI is InChI=1S/C20H19ClN4O3/c21-17-7-16(8-18-20(17)28-6-5-27-18)9-19(26)23-10-14-1-3-15(4-2-14)11-25-13-22-12-24-25/h1-4,7-8,12-13H,5-6,9-11H2,(H,23,26). The predicted molar refractivity (Wildman–Crippen MR) is 104 cm³/mol. The molecule has 0 unspecified atom stereocenters. The second-order valence-corrected chi connectivity index (χ2v) is 6.87. The normalized spacial score (nSPS) is 12.6. The summed E-state index contributed by atoms with van der Waals surface area (Å²) in [6.45, 7) is 2.08. The van der Waals surface area contributed by atoms with E-state index in [9.17, 15) is 4.79 Å². The van der Waals surface area contributed by atoms with Crippen LogP contribution in [0.25, 0.3) is 0 Å². The quantitative estimate of drug-likeness (QED) is 0.690. The van der Waals surface area contributed by atoms with E-state index in [0.29, 0.717) is 42.8 Å². The minimum absolute atomic E-state index is 0.0839. The van der Waals surface area contributed by atoms with E-state index in [2.05, 4.69) is 15.4 Å². The zero-order valence-corrected chi connectivity index (χ0v) is 15.9. The van der Waals surface area contributed by atoms with E-state index in [1.807, 2.05) is 24.3 Å². The van der Waals surface area contributed by atoms with Crippen molar-refractivity contribution in [3.8, 4) is 11.5 Å². The fourth-order valence-electron chi connectivity index (χ4n) is 2.98. The molecule has 0 fully saturated rings. The molecule has 0 bridgehead atoms. The van der Waals surface area contributed by atoms with Gasteiger partial charge in [-0.3, -0.25) is 4.79 Å². The molecule has 2 heterocycles. The summed E-state index contributed by atoms with van der Waals surface area (Å²) < 4.78 is 12.8. The van der Waals surface area contributed by atoms with E-state index in [4.69, 9.17) is 21.1 Å². The molecule has 1 amide bonds. The molecule has 0 atom stereocenters. The molecule has 8 heteroatoms. The van der Waals surface area contributed by atoms with Crippen LogP contribution in [0, 0.1) is 0 Å². The molecular weight excluding hydrogens is 380 g/mol. The summed E-state index contributed by atoms with van der Waals surface area (Å²) in [5, 5.41) is 7.48. The van der Waals surface area contributed by atoms with Gasteiger partial charge in [-0.05, 0) is 28.8 Å². The number of aromatic nitrogens is 3. The van der Waals surface area contributed by atoms with Crippen LogP contribution in [0.3, 0.4) is 0 Å². The van der Waals surface area contributed by atoms with Gasteiger partial charge < -0.3 is 14.8 Å². The molecule has 7 nitrogen and oxygen atoms in total. The number of nitrogens with one attached hydrogen (secondary N) is 1. The number of halogens is 1. The van der Waals surface area contributed by atoms with Gasteiger partial charge in [0.2, 0.25) is 5.91 Å². The second-order valence-electron chi connectivity index (χ2n) is 6.46. The van der Waals surface area contributed by atoms with Gasteiger partial charge in [0.25, 0.3) is 0 Å². The third-order valence-corrected chi connectivity index (χ3v) is 4.63. The molecule has 4 rings (SSSR count). The maximum absolute atomic E-state index is 12.3. The Balaban J connectivity index is 1.31. The topological polar surface area (TPSA) is 78.3 Å². The summed E-state index contributed by atoms with van der Waals surface area (Å²) in [4.78, 5) is 16.2. The van der Waals surface area contributed by atoms with E-state index in [0.717, 1.165) is 16.7 Å². The van der Waals surface area contributed by atoms with Crippen LogP contribution in [-0.2, 0) is 24.3 Å². The first kappa shape index (κ1) is 18.3. The van der Waals surface area contributed by atoms with Crippen molar-refractivity contribution < 1.29 is 14.3 Å². The van der Waals surface area contributed by atoms with Gasteiger partial charge in [-0.1, -0.05) is 35.9 Å². The first-order valence-electron chi connectivity index (χ1n) is 8.92. The summed E-state index contributed by atoms with van der Waals surface area (Å²) in [5.41, 5.74) is 2.93. The third kappa shape index (κ3) is 4.43. The Hall–Kier alpha value is -3.06. The summed E-state index contributed by atoms with van der Waals surface area (Å²) >= 11 is 6.22. The maximum Gasteiger partial charge on any atom is 0.224 e. The van der Waals surface area contributed by atoms with Crippen LogP contribution in [-0.4, -0.2) is 33.9 Å². The van der Waals surface area contributed by atoms with Crippen molar-refractivity contribution in [2.45, 2.75) is 19.5 Å². The van der Waals surface area contributed by atoms with Crippen molar-refractivity contribution in [3.05, 3.63) is 70.8 Å². The number of nitrogens with zero attached hydrogens (tertiary/aromatic N) is 3. The maximum atomic E-state index is 12.3. The number of benzene rings is 2. The van der Waals surface area contributed by atoms with E-state index < -0.39 is 0 Å². The molecule has 2 aromatic carbocycles. The first-order valence-corrected chi connectivity index (χ1v) is 9.30. The molecule has 0 radical (unpaired) electrons. The molecular formula is C20H19ClN4O3. The number of rotatable bonds is 6. The predicted octanol–water partition coefficient (Wildman–Crippen LogP) is 2.61. The zero-order valence-electron chi connectivity index (χ0n) is 15.1. The van der Waals surface area contributed by atoms with Crippen molar-refractivity contribution >= 4 is 17.5 Å². The highest BCUT2D eigenvalue weighted by Gasteiger charge is 2.17. The fraction of sp³-hybridized carbons (Fsp3) is 0.250. The summed E-state index contributed by atoms with van der Waals surface area (Å²) in [6, 6.07) is 11.6. The average molecular weight is 399 g/mol. The van der Waals surface area contributed by atoms with Crippen molar-refractivity contribution in [1.82, 2.24) is 20.1 Å². The van der Waals surface area contributed by atoms with E-state index in [1.165, 1.54) is 6.33 Å². The zero-order chi connectivity index (χ0) is 19.3. The highest BCUT2D eigenvalue weighted by Crippen LogP contribution is 2.38. The number of carbonyl (C=O) groups excluding carboxylic acids is 1. The average Bonchev–Trinajstić information content (AvgIpc) is 3.21. The largest absolute Gasteiger partial charge is 0.486 e. The molecule has 1 aliphatic rings. The van der Waals surface area contributed by atoms with Crippen LogP contribution in [0.1, 0.15) is 16.7 Å². The molecule has 1 aromatic heterocycles. The molecule has 0 aliphatic carbocycles. The Labute approximate surface area is 167 Å². The third-order valence-electron chi connectivity index (χ3n) is 4.35. The van der Waals surface area contributed by atoms with Crippen molar-refractivity contribution in [2.75, 3.05) is 13.2 Å². The summed E-state index contributed by atoms with van der Waals surface area (Å²) in [6.07, 6.45) is 3.41.